The van der Waals surface area contributed by atoms with E-state index in [1.165, 1.54) is 6.42 Å². The molecule has 1 N–H and O–H groups in total. The summed E-state index contributed by atoms with van der Waals surface area (Å²) < 4.78 is 5.70. The standard InChI is InChI=1S/C10H17NO/c1-4-9(11-3)10(2)7-5-6-8-12-10/h1,9,11H,5-8H2,2-3H3. The molecule has 12 heavy (non-hydrogen) atoms. The Bertz CT molecular complexity index is 177. The van der Waals surface area contributed by atoms with Crippen LogP contribution >= 0.6 is 0 Å². The van der Waals surface area contributed by atoms with Gasteiger partial charge < -0.3 is 10.1 Å². The molecular formula is C10H17NO. The molecule has 1 aliphatic rings. The zero-order valence-corrected chi connectivity index (χ0v) is 7.89. The number of nitrogens with one attached hydrogen (secondary N) is 1. The Labute approximate surface area is 74.7 Å². The van der Waals surface area contributed by atoms with Crippen LogP contribution in [0.15, 0.2) is 0 Å². The molecule has 0 aromatic rings. The fourth-order valence-corrected chi connectivity index (χ4v) is 1.75. The van der Waals surface area contributed by atoms with Gasteiger partial charge in [-0.25, -0.2) is 0 Å². The summed E-state index contributed by atoms with van der Waals surface area (Å²) in [6, 6.07) is 0.0396. The number of terminal acetylenes is 1. The normalized spacial score (nSPS) is 32.4. The molecule has 2 nitrogen and oxygen atoms in total. The maximum Gasteiger partial charge on any atom is 0.0975 e. The van der Waals surface area contributed by atoms with Crippen molar-refractivity contribution < 1.29 is 4.74 Å². The molecule has 2 atom stereocenters. The topological polar surface area (TPSA) is 21.3 Å². The van der Waals surface area contributed by atoms with Crippen LogP contribution in [0.5, 0.6) is 0 Å². The van der Waals surface area contributed by atoms with Crippen LogP contribution in [0.4, 0.5) is 0 Å². The molecule has 2 unspecified atom stereocenters. The van der Waals surface area contributed by atoms with E-state index in [1.807, 2.05) is 7.05 Å². The molecule has 0 bridgehead atoms. The van der Waals surface area contributed by atoms with Crippen molar-refractivity contribution in [2.24, 2.45) is 0 Å². The van der Waals surface area contributed by atoms with E-state index in [0.717, 1.165) is 19.4 Å². The van der Waals surface area contributed by atoms with E-state index in [4.69, 9.17) is 11.2 Å². The fourth-order valence-electron chi connectivity index (χ4n) is 1.75. The molecule has 1 aliphatic heterocycles. The van der Waals surface area contributed by atoms with E-state index >= 15 is 0 Å². The maximum atomic E-state index is 5.70. The Morgan fingerprint density at radius 3 is 2.75 bits per heavy atom. The van der Waals surface area contributed by atoms with Gasteiger partial charge in [0.25, 0.3) is 0 Å². The lowest BCUT2D eigenvalue weighted by atomic mass is 9.89. The molecule has 1 heterocycles. The Kier molecular flexibility index (Phi) is 3.13. The summed E-state index contributed by atoms with van der Waals surface area (Å²) >= 11 is 0. The van der Waals surface area contributed by atoms with E-state index in [1.54, 1.807) is 0 Å². The van der Waals surface area contributed by atoms with Gasteiger partial charge in [-0.05, 0) is 33.2 Å². The molecule has 0 aliphatic carbocycles. The minimum absolute atomic E-state index is 0.0396. The predicted molar refractivity (Wildman–Crippen MR) is 49.9 cm³/mol. The van der Waals surface area contributed by atoms with Crippen LogP contribution in [0.25, 0.3) is 0 Å². The molecule has 0 spiro atoms. The average Bonchev–Trinajstić information content (AvgIpc) is 2.07. The highest BCUT2D eigenvalue weighted by Crippen LogP contribution is 2.27. The first-order chi connectivity index (χ1) is 5.73. The van der Waals surface area contributed by atoms with Crippen molar-refractivity contribution in [1.82, 2.24) is 5.32 Å². The summed E-state index contributed by atoms with van der Waals surface area (Å²) in [5.41, 5.74) is -0.151. The zero-order chi connectivity index (χ0) is 9.03. The minimum atomic E-state index is -0.151. The van der Waals surface area contributed by atoms with Crippen molar-refractivity contribution in [3.8, 4) is 12.3 Å². The number of hydrogen-bond donors (Lipinski definition) is 1. The number of hydrogen-bond acceptors (Lipinski definition) is 2. The molecule has 0 saturated carbocycles. The smallest absolute Gasteiger partial charge is 0.0975 e. The second-order valence-corrected chi connectivity index (χ2v) is 3.51. The Hall–Kier alpha value is -0.520. The van der Waals surface area contributed by atoms with Gasteiger partial charge in [0.2, 0.25) is 0 Å². The second kappa shape index (κ2) is 3.93. The van der Waals surface area contributed by atoms with Crippen LogP contribution in [-0.2, 0) is 4.74 Å². The first kappa shape index (κ1) is 9.57. The van der Waals surface area contributed by atoms with Crippen LogP contribution < -0.4 is 5.32 Å². The lowest BCUT2D eigenvalue weighted by Gasteiger charge is -2.37. The van der Waals surface area contributed by atoms with Crippen LogP contribution in [0.3, 0.4) is 0 Å². The van der Waals surface area contributed by atoms with Crippen molar-refractivity contribution in [3.05, 3.63) is 0 Å². The molecule has 2 heteroatoms. The minimum Gasteiger partial charge on any atom is -0.373 e. The van der Waals surface area contributed by atoms with Gasteiger partial charge in [-0.2, -0.15) is 0 Å². The lowest BCUT2D eigenvalue weighted by Crippen LogP contribution is -2.50. The summed E-state index contributed by atoms with van der Waals surface area (Å²) in [5.74, 6) is 2.73. The Morgan fingerprint density at radius 1 is 1.58 bits per heavy atom. The predicted octanol–water partition coefficient (Wildman–Crippen LogP) is 1.17. The average molecular weight is 167 g/mol. The molecule has 0 aromatic heterocycles. The monoisotopic (exact) mass is 167 g/mol. The van der Waals surface area contributed by atoms with E-state index < -0.39 is 0 Å². The number of ether oxygens (including phenoxy) is 1. The van der Waals surface area contributed by atoms with Gasteiger partial charge in [0.15, 0.2) is 0 Å². The fraction of sp³-hybridized carbons (Fsp3) is 0.800. The van der Waals surface area contributed by atoms with Gasteiger partial charge in [0.1, 0.15) is 0 Å². The van der Waals surface area contributed by atoms with Crippen LogP contribution in [-0.4, -0.2) is 25.3 Å². The summed E-state index contributed by atoms with van der Waals surface area (Å²) in [5, 5.41) is 3.10. The third-order valence-corrected chi connectivity index (χ3v) is 2.57. The molecule has 1 rings (SSSR count). The van der Waals surface area contributed by atoms with Crippen molar-refractivity contribution >= 4 is 0 Å². The van der Waals surface area contributed by atoms with Crippen LogP contribution in [0.2, 0.25) is 0 Å². The van der Waals surface area contributed by atoms with E-state index in [0.29, 0.717) is 0 Å². The van der Waals surface area contributed by atoms with Gasteiger partial charge in [0, 0.05) is 6.61 Å². The summed E-state index contributed by atoms with van der Waals surface area (Å²) in [4.78, 5) is 0. The highest BCUT2D eigenvalue weighted by Gasteiger charge is 2.34. The lowest BCUT2D eigenvalue weighted by molar-refractivity contribution is -0.0757. The van der Waals surface area contributed by atoms with E-state index in [2.05, 4.69) is 18.2 Å². The first-order valence-electron chi connectivity index (χ1n) is 4.50. The van der Waals surface area contributed by atoms with Crippen molar-refractivity contribution in [1.29, 1.82) is 0 Å². The van der Waals surface area contributed by atoms with Gasteiger partial charge in [0.05, 0.1) is 11.6 Å². The Morgan fingerprint density at radius 2 is 2.33 bits per heavy atom. The number of rotatable bonds is 2. The van der Waals surface area contributed by atoms with Crippen LogP contribution in [0.1, 0.15) is 26.2 Å². The summed E-state index contributed by atoms with van der Waals surface area (Å²) in [6.45, 7) is 2.93. The summed E-state index contributed by atoms with van der Waals surface area (Å²) in [7, 11) is 1.88. The maximum absolute atomic E-state index is 5.70. The largest absolute Gasteiger partial charge is 0.373 e. The quantitative estimate of drug-likeness (QED) is 0.623. The van der Waals surface area contributed by atoms with Crippen molar-refractivity contribution in [2.75, 3.05) is 13.7 Å². The van der Waals surface area contributed by atoms with E-state index in [-0.39, 0.29) is 11.6 Å². The zero-order valence-electron chi connectivity index (χ0n) is 7.89. The Balaban J connectivity index is 2.61. The van der Waals surface area contributed by atoms with Gasteiger partial charge in [-0.1, -0.05) is 5.92 Å². The van der Waals surface area contributed by atoms with Crippen molar-refractivity contribution in [2.45, 2.75) is 37.8 Å². The number of likely N-dealkylation sites (N-methyl/N-ethyl adjacent to an activating group) is 1. The highest BCUT2D eigenvalue weighted by molar-refractivity contribution is 5.09. The van der Waals surface area contributed by atoms with Crippen LogP contribution in [0, 0.1) is 12.3 Å². The molecule has 1 fully saturated rings. The molecular weight excluding hydrogens is 150 g/mol. The second-order valence-electron chi connectivity index (χ2n) is 3.51. The van der Waals surface area contributed by atoms with Gasteiger partial charge in [-0.15, -0.1) is 6.42 Å². The molecule has 0 aromatic carbocycles. The highest BCUT2D eigenvalue weighted by atomic mass is 16.5. The van der Waals surface area contributed by atoms with Gasteiger partial charge >= 0.3 is 0 Å². The molecule has 0 radical (unpaired) electrons. The molecule has 1 saturated heterocycles. The van der Waals surface area contributed by atoms with Crippen molar-refractivity contribution in [3.63, 3.8) is 0 Å². The third kappa shape index (κ3) is 1.80. The van der Waals surface area contributed by atoms with E-state index in [9.17, 15) is 0 Å². The SMILES string of the molecule is C#CC(NC)C1(C)CCCCO1. The summed E-state index contributed by atoms with van der Waals surface area (Å²) in [6.07, 6.45) is 8.85. The molecule has 68 valence electrons. The van der Waals surface area contributed by atoms with Gasteiger partial charge in [-0.3, -0.25) is 0 Å². The first-order valence-corrected chi connectivity index (χ1v) is 4.50. The third-order valence-electron chi connectivity index (χ3n) is 2.57. The molecule has 0 amide bonds.